The van der Waals surface area contributed by atoms with Gasteiger partial charge in [0.1, 0.15) is 5.69 Å². The Morgan fingerprint density at radius 2 is 1.86 bits per heavy atom. The first kappa shape index (κ1) is 14.3. The lowest BCUT2D eigenvalue weighted by Gasteiger charge is -2.10. The van der Waals surface area contributed by atoms with Crippen LogP contribution in [0.1, 0.15) is 16.1 Å². The van der Waals surface area contributed by atoms with Crippen LogP contribution in [0, 0.1) is 6.92 Å². The number of carboxylic acid groups (broad SMARTS) is 1. The Hall–Kier alpha value is -2.67. The second-order valence-electron chi connectivity index (χ2n) is 4.85. The van der Waals surface area contributed by atoms with Crippen molar-refractivity contribution in [1.82, 2.24) is 8.96 Å². The molecule has 6 nitrogen and oxygen atoms in total. The van der Waals surface area contributed by atoms with Crippen molar-refractivity contribution in [2.24, 2.45) is 0 Å². The molecule has 0 fully saturated rings. The maximum Gasteiger partial charge on any atom is 0.353 e. The minimum Gasteiger partial charge on any atom is -0.477 e. The smallest absolute Gasteiger partial charge is 0.353 e. The van der Waals surface area contributed by atoms with E-state index in [1.807, 2.05) is 6.92 Å². The Morgan fingerprint density at radius 1 is 1.18 bits per heavy atom. The number of carbonyl (C=O) groups is 1. The van der Waals surface area contributed by atoms with Gasteiger partial charge in [-0.3, -0.25) is 4.98 Å². The van der Waals surface area contributed by atoms with Crippen molar-refractivity contribution in [3.63, 3.8) is 0 Å². The topological polar surface area (TPSA) is 89.3 Å². The first-order valence-corrected chi connectivity index (χ1v) is 7.86. The van der Waals surface area contributed by atoms with Gasteiger partial charge in [-0.05, 0) is 31.2 Å². The van der Waals surface area contributed by atoms with Gasteiger partial charge < -0.3 is 5.11 Å². The molecule has 7 heteroatoms. The van der Waals surface area contributed by atoms with E-state index in [2.05, 4.69) is 4.98 Å². The van der Waals surface area contributed by atoms with Crippen LogP contribution in [0.3, 0.4) is 0 Å². The Labute approximate surface area is 126 Å². The zero-order valence-corrected chi connectivity index (χ0v) is 12.4. The van der Waals surface area contributed by atoms with Crippen LogP contribution in [0.4, 0.5) is 0 Å². The molecule has 3 rings (SSSR count). The summed E-state index contributed by atoms with van der Waals surface area (Å²) in [6.45, 7) is 1.84. The van der Waals surface area contributed by atoms with Gasteiger partial charge in [0.2, 0.25) is 0 Å². The molecule has 0 saturated carbocycles. The summed E-state index contributed by atoms with van der Waals surface area (Å²) in [5.74, 6) is -1.31. The highest BCUT2D eigenvalue weighted by atomic mass is 32.2. The fraction of sp³-hybridized carbons (Fsp3) is 0.0667. The van der Waals surface area contributed by atoms with Crippen LogP contribution >= 0.6 is 0 Å². The van der Waals surface area contributed by atoms with Crippen LogP contribution in [0.15, 0.2) is 53.7 Å². The summed E-state index contributed by atoms with van der Waals surface area (Å²) >= 11 is 0. The van der Waals surface area contributed by atoms with E-state index in [0.717, 1.165) is 9.54 Å². The number of pyridine rings is 1. The van der Waals surface area contributed by atoms with Crippen LogP contribution in [0.5, 0.6) is 0 Å². The molecule has 22 heavy (non-hydrogen) atoms. The third-order valence-electron chi connectivity index (χ3n) is 3.34. The Balaban J connectivity index is 2.35. The van der Waals surface area contributed by atoms with E-state index in [4.69, 9.17) is 0 Å². The molecule has 2 heterocycles. The molecule has 1 aromatic carbocycles. The zero-order chi connectivity index (χ0) is 15.9. The summed E-state index contributed by atoms with van der Waals surface area (Å²) in [4.78, 5) is 15.3. The van der Waals surface area contributed by atoms with Crippen molar-refractivity contribution < 1.29 is 18.3 Å². The van der Waals surface area contributed by atoms with E-state index in [1.54, 1.807) is 12.1 Å². The van der Waals surface area contributed by atoms with Crippen LogP contribution in [-0.4, -0.2) is 28.5 Å². The maximum atomic E-state index is 12.8. The number of carboxylic acids is 1. The van der Waals surface area contributed by atoms with Gasteiger partial charge in [-0.2, -0.15) is 0 Å². The van der Waals surface area contributed by atoms with E-state index in [-0.39, 0.29) is 16.1 Å². The number of aromatic nitrogens is 2. The average molecular weight is 316 g/mol. The quantitative estimate of drug-likeness (QED) is 0.800. The van der Waals surface area contributed by atoms with Crippen molar-refractivity contribution in [2.75, 3.05) is 0 Å². The van der Waals surface area contributed by atoms with Crippen molar-refractivity contribution in [3.8, 4) is 0 Å². The Morgan fingerprint density at radius 3 is 2.50 bits per heavy atom. The molecular weight excluding hydrogens is 304 g/mol. The molecule has 0 aliphatic heterocycles. The van der Waals surface area contributed by atoms with Crippen LogP contribution in [0.2, 0.25) is 0 Å². The molecule has 0 bridgehead atoms. The lowest BCUT2D eigenvalue weighted by atomic mass is 10.2. The molecule has 0 atom stereocenters. The van der Waals surface area contributed by atoms with Crippen LogP contribution in [-0.2, 0) is 10.0 Å². The monoisotopic (exact) mass is 316 g/mol. The Kier molecular flexibility index (Phi) is 3.22. The SMILES string of the molecule is Cc1ccc(S(=O)(=O)n2c(C(=O)O)cc3cnccc32)cc1. The minimum absolute atomic E-state index is 0.0370. The first-order chi connectivity index (χ1) is 10.4. The highest BCUT2D eigenvalue weighted by Gasteiger charge is 2.26. The van der Waals surface area contributed by atoms with E-state index >= 15 is 0 Å². The molecule has 0 amide bonds. The maximum absolute atomic E-state index is 12.8. The highest BCUT2D eigenvalue weighted by molar-refractivity contribution is 7.90. The van der Waals surface area contributed by atoms with E-state index in [1.165, 1.54) is 36.7 Å². The number of hydrogen-bond acceptors (Lipinski definition) is 4. The Bertz CT molecular complexity index is 972. The number of hydrogen-bond donors (Lipinski definition) is 1. The molecule has 0 saturated heterocycles. The molecule has 2 aromatic heterocycles. The first-order valence-electron chi connectivity index (χ1n) is 6.42. The third kappa shape index (κ3) is 2.15. The fourth-order valence-corrected chi connectivity index (χ4v) is 3.76. The molecular formula is C15H12N2O4S. The predicted molar refractivity (Wildman–Crippen MR) is 80.5 cm³/mol. The van der Waals surface area contributed by atoms with Crippen molar-refractivity contribution >= 4 is 26.9 Å². The van der Waals surface area contributed by atoms with Gasteiger partial charge in [-0.15, -0.1) is 0 Å². The van der Waals surface area contributed by atoms with Crippen LogP contribution < -0.4 is 0 Å². The van der Waals surface area contributed by atoms with Crippen LogP contribution in [0.25, 0.3) is 10.9 Å². The van der Waals surface area contributed by atoms with Gasteiger partial charge in [0.15, 0.2) is 0 Å². The number of nitrogens with zero attached hydrogens (tertiary/aromatic N) is 2. The molecule has 0 spiro atoms. The normalized spacial score (nSPS) is 11.7. The predicted octanol–water partition coefficient (Wildman–Crippen LogP) is 2.28. The lowest BCUT2D eigenvalue weighted by Crippen LogP contribution is -2.18. The number of rotatable bonds is 3. The largest absolute Gasteiger partial charge is 0.477 e. The van der Waals surface area contributed by atoms with Gasteiger partial charge in [0.05, 0.1) is 10.4 Å². The number of aromatic carboxylic acids is 1. The van der Waals surface area contributed by atoms with Gasteiger partial charge >= 0.3 is 5.97 Å². The molecule has 0 radical (unpaired) electrons. The molecule has 0 aliphatic rings. The number of benzene rings is 1. The second kappa shape index (κ2) is 4.96. The fourth-order valence-electron chi connectivity index (χ4n) is 2.25. The summed E-state index contributed by atoms with van der Waals surface area (Å²) in [7, 11) is -4.01. The summed E-state index contributed by atoms with van der Waals surface area (Å²) in [5, 5.41) is 9.77. The average Bonchev–Trinajstić information content (AvgIpc) is 2.88. The highest BCUT2D eigenvalue weighted by Crippen LogP contribution is 2.25. The van der Waals surface area contributed by atoms with Crippen molar-refractivity contribution in [3.05, 3.63) is 60.0 Å². The second-order valence-corrected chi connectivity index (χ2v) is 6.64. The molecule has 0 unspecified atom stereocenters. The summed E-state index contributed by atoms with van der Waals surface area (Å²) in [5.41, 5.74) is 0.885. The van der Waals surface area contributed by atoms with Gasteiger partial charge in [-0.25, -0.2) is 17.2 Å². The molecule has 112 valence electrons. The zero-order valence-electron chi connectivity index (χ0n) is 11.6. The summed E-state index contributed by atoms with van der Waals surface area (Å²) in [6, 6.07) is 9.04. The van der Waals surface area contributed by atoms with Gasteiger partial charge in [-0.1, -0.05) is 17.7 Å². The number of aryl methyl sites for hydroxylation is 1. The lowest BCUT2D eigenvalue weighted by molar-refractivity contribution is 0.0689. The van der Waals surface area contributed by atoms with E-state index < -0.39 is 16.0 Å². The third-order valence-corrected chi connectivity index (χ3v) is 5.08. The van der Waals surface area contributed by atoms with Gasteiger partial charge in [0.25, 0.3) is 10.0 Å². The van der Waals surface area contributed by atoms with E-state index in [0.29, 0.717) is 5.39 Å². The molecule has 1 N–H and O–H groups in total. The number of fused-ring (bicyclic) bond motifs is 1. The standard InChI is InChI=1S/C15H12N2O4S/c1-10-2-4-12(5-3-10)22(20,21)17-13-6-7-16-9-11(13)8-14(17)15(18)19/h2-9H,1H3,(H,18,19). The van der Waals surface area contributed by atoms with Crippen molar-refractivity contribution in [1.29, 1.82) is 0 Å². The minimum atomic E-state index is -4.01. The van der Waals surface area contributed by atoms with Gasteiger partial charge in [0, 0.05) is 17.8 Å². The summed E-state index contributed by atoms with van der Waals surface area (Å²) in [6.07, 6.45) is 2.86. The van der Waals surface area contributed by atoms with Crippen molar-refractivity contribution in [2.45, 2.75) is 11.8 Å². The van der Waals surface area contributed by atoms with E-state index in [9.17, 15) is 18.3 Å². The molecule has 3 aromatic rings. The summed E-state index contributed by atoms with van der Waals surface area (Å²) < 4.78 is 26.5. The molecule has 0 aliphatic carbocycles.